The Bertz CT molecular complexity index is 1460. The van der Waals surface area contributed by atoms with Crippen LogP contribution in [0.1, 0.15) is 45.1 Å². The van der Waals surface area contributed by atoms with E-state index in [0.29, 0.717) is 12.4 Å². The first kappa shape index (κ1) is 31.5. The topological polar surface area (TPSA) is 96.0 Å². The van der Waals surface area contributed by atoms with Crippen LogP contribution in [0.2, 0.25) is 0 Å². The Morgan fingerprint density at radius 1 is 1.00 bits per heavy atom. The number of hydrogen-bond acceptors (Lipinski definition) is 5. The fourth-order valence-electron chi connectivity index (χ4n) is 4.90. The number of halogens is 2. The summed E-state index contributed by atoms with van der Waals surface area (Å²) < 4.78 is 48.9. The van der Waals surface area contributed by atoms with Crippen LogP contribution in [0.4, 0.5) is 10.1 Å². The average molecular weight is 661 g/mol. The van der Waals surface area contributed by atoms with Crippen molar-refractivity contribution < 1.29 is 27.1 Å². The Morgan fingerprint density at radius 3 is 2.21 bits per heavy atom. The van der Waals surface area contributed by atoms with Gasteiger partial charge in [0.05, 0.1) is 17.2 Å². The van der Waals surface area contributed by atoms with Crippen LogP contribution in [0.5, 0.6) is 5.75 Å². The minimum atomic E-state index is -4.27. The molecule has 0 aliphatic heterocycles. The first-order chi connectivity index (χ1) is 20.1. The summed E-state index contributed by atoms with van der Waals surface area (Å²) in [6.07, 6.45) is 3.85. The number of nitrogens with one attached hydrogen (secondary N) is 1. The van der Waals surface area contributed by atoms with E-state index >= 15 is 0 Å². The summed E-state index contributed by atoms with van der Waals surface area (Å²) in [6, 6.07) is 17.3. The highest BCUT2D eigenvalue weighted by atomic mass is 79.9. The Morgan fingerprint density at radius 2 is 1.62 bits per heavy atom. The monoisotopic (exact) mass is 659 g/mol. The van der Waals surface area contributed by atoms with Gasteiger partial charge in [0.1, 0.15) is 24.2 Å². The van der Waals surface area contributed by atoms with Gasteiger partial charge in [0.25, 0.3) is 10.0 Å². The van der Waals surface area contributed by atoms with Crippen LogP contribution in [-0.4, -0.2) is 50.4 Å². The van der Waals surface area contributed by atoms with Gasteiger partial charge in [-0.15, -0.1) is 0 Å². The van der Waals surface area contributed by atoms with Gasteiger partial charge in [-0.05, 0) is 92.9 Å². The van der Waals surface area contributed by atoms with Gasteiger partial charge in [0, 0.05) is 17.1 Å². The number of carbonyl (C=O) groups is 2. The van der Waals surface area contributed by atoms with Crippen LogP contribution in [0, 0.1) is 5.82 Å². The molecule has 2 amide bonds. The second-order valence-electron chi connectivity index (χ2n) is 10.2. The molecule has 42 heavy (non-hydrogen) atoms. The number of hydrogen-bond donors (Lipinski definition) is 1. The van der Waals surface area contributed by atoms with Crippen LogP contribution >= 0.6 is 15.9 Å². The zero-order chi connectivity index (χ0) is 30.3. The molecule has 3 aromatic carbocycles. The molecule has 0 unspecified atom stereocenters. The molecule has 0 spiro atoms. The van der Waals surface area contributed by atoms with Gasteiger partial charge in [-0.1, -0.05) is 40.9 Å². The summed E-state index contributed by atoms with van der Waals surface area (Å²) in [7, 11) is -4.27. The van der Waals surface area contributed by atoms with Gasteiger partial charge in [-0.25, -0.2) is 12.8 Å². The van der Waals surface area contributed by atoms with Crippen molar-refractivity contribution in [2.75, 3.05) is 17.5 Å². The average Bonchev–Trinajstić information content (AvgIpc) is 3.49. The molecule has 0 radical (unpaired) electrons. The molecule has 1 saturated carbocycles. The van der Waals surface area contributed by atoms with Crippen molar-refractivity contribution in [1.29, 1.82) is 0 Å². The molecule has 1 atom stereocenters. The third-order valence-electron chi connectivity index (χ3n) is 7.25. The predicted octanol–water partition coefficient (Wildman–Crippen LogP) is 5.66. The van der Waals surface area contributed by atoms with E-state index in [4.69, 9.17) is 4.74 Å². The Labute approximate surface area is 255 Å². The molecule has 1 aliphatic carbocycles. The van der Waals surface area contributed by atoms with E-state index in [9.17, 15) is 22.4 Å². The highest BCUT2D eigenvalue weighted by Gasteiger charge is 2.33. The summed E-state index contributed by atoms with van der Waals surface area (Å²) in [6.45, 7) is 3.37. The molecule has 0 aromatic heterocycles. The fraction of sp³-hybridized carbons (Fsp3) is 0.355. The molecule has 3 aromatic rings. The van der Waals surface area contributed by atoms with Crippen molar-refractivity contribution in [2.45, 2.75) is 63.1 Å². The van der Waals surface area contributed by atoms with Crippen molar-refractivity contribution >= 4 is 43.5 Å². The third-order valence-corrected chi connectivity index (χ3v) is 9.57. The molecule has 0 heterocycles. The normalized spacial score (nSPS) is 14.3. The van der Waals surface area contributed by atoms with E-state index in [1.807, 2.05) is 31.2 Å². The molecule has 1 N–H and O–H groups in total. The first-order valence-electron chi connectivity index (χ1n) is 13.9. The van der Waals surface area contributed by atoms with E-state index < -0.39 is 34.3 Å². The number of sulfonamides is 1. The Balaban J connectivity index is 1.67. The maximum Gasteiger partial charge on any atom is 0.264 e. The standard InChI is InChI=1S/C31H35BrFN3O5S/c1-3-41-28-16-18-29(19-17-28)42(39,40)36(27-14-12-25(33)13-15-27)21-30(37)35(20-23-8-10-24(32)11-9-23)22(2)31(38)34-26-6-4-5-7-26/h8-19,22,26H,3-7,20-21H2,1-2H3,(H,34,38)/t22-/m0/s1. The molecule has 11 heteroatoms. The highest BCUT2D eigenvalue weighted by Crippen LogP contribution is 2.27. The second kappa shape index (κ2) is 14.2. The zero-order valence-corrected chi connectivity index (χ0v) is 26.0. The van der Waals surface area contributed by atoms with Crippen LogP contribution in [0.15, 0.2) is 82.2 Å². The number of ether oxygens (including phenoxy) is 1. The van der Waals surface area contributed by atoms with Gasteiger partial charge in [-0.3, -0.25) is 13.9 Å². The molecule has 0 saturated heterocycles. The zero-order valence-electron chi connectivity index (χ0n) is 23.6. The van der Waals surface area contributed by atoms with Gasteiger partial charge < -0.3 is 15.0 Å². The Kier molecular flexibility index (Phi) is 10.6. The van der Waals surface area contributed by atoms with Crippen molar-refractivity contribution in [3.05, 3.63) is 88.6 Å². The minimum Gasteiger partial charge on any atom is -0.494 e. The largest absolute Gasteiger partial charge is 0.494 e. The van der Waals surface area contributed by atoms with Crippen LogP contribution in [-0.2, 0) is 26.2 Å². The molecular formula is C31H35BrFN3O5S. The van der Waals surface area contributed by atoms with E-state index in [1.165, 1.54) is 41.3 Å². The summed E-state index contributed by atoms with van der Waals surface area (Å²) in [5.41, 5.74) is 0.889. The lowest BCUT2D eigenvalue weighted by atomic mass is 10.1. The van der Waals surface area contributed by atoms with Gasteiger partial charge in [-0.2, -0.15) is 0 Å². The molecule has 1 fully saturated rings. The highest BCUT2D eigenvalue weighted by molar-refractivity contribution is 9.10. The van der Waals surface area contributed by atoms with E-state index in [-0.39, 0.29) is 29.1 Å². The maximum atomic E-state index is 14.0. The fourth-order valence-corrected chi connectivity index (χ4v) is 6.58. The number of amides is 2. The van der Waals surface area contributed by atoms with Crippen LogP contribution in [0.25, 0.3) is 0 Å². The van der Waals surface area contributed by atoms with Gasteiger partial charge >= 0.3 is 0 Å². The number of carbonyl (C=O) groups excluding carboxylic acids is 2. The van der Waals surface area contributed by atoms with Crippen molar-refractivity contribution in [3.63, 3.8) is 0 Å². The SMILES string of the molecule is CCOc1ccc(S(=O)(=O)N(CC(=O)N(Cc2ccc(Br)cc2)[C@@H](C)C(=O)NC2CCCC2)c2ccc(F)cc2)cc1. The maximum absolute atomic E-state index is 14.0. The lowest BCUT2D eigenvalue weighted by molar-refractivity contribution is -0.139. The van der Waals surface area contributed by atoms with Crippen molar-refractivity contribution in [1.82, 2.24) is 10.2 Å². The molecule has 1 aliphatic rings. The number of nitrogens with zero attached hydrogens (tertiary/aromatic N) is 2. The summed E-state index contributed by atoms with van der Waals surface area (Å²) in [5.74, 6) is -0.915. The smallest absolute Gasteiger partial charge is 0.264 e. The van der Waals surface area contributed by atoms with E-state index in [2.05, 4.69) is 21.2 Å². The second-order valence-corrected chi connectivity index (χ2v) is 13.0. The molecule has 4 rings (SSSR count). The lowest BCUT2D eigenvalue weighted by Gasteiger charge is -2.32. The van der Waals surface area contributed by atoms with Crippen LogP contribution in [0.3, 0.4) is 0 Å². The third kappa shape index (κ3) is 7.89. The number of rotatable bonds is 12. The quantitative estimate of drug-likeness (QED) is 0.271. The first-order valence-corrected chi connectivity index (χ1v) is 16.2. The molecule has 8 nitrogen and oxygen atoms in total. The summed E-state index contributed by atoms with van der Waals surface area (Å²) in [4.78, 5) is 28.6. The molecule has 0 bridgehead atoms. The van der Waals surface area contributed by atoms with E-state index in [1.54, 1.807) is 6.92 Å². The van der Waals surface area contributed by atoms with Crippen LogP contribution < -0.4 is 14.4 Å². The number of anilines is 1. The van der Waals surface area contributed by atoms with Gasteiger partial charge in [0.2, 0.25) is 11.8 Å². The molecule has 224 valence electrons. The van der Waals surface area contributed by atoms with E-state index in [0.717, 1.165) is 52.2 Å². The van der Waals surface area contributed by atoms with Crippen molar-refractivity contribution in [2.24, 2.45) is 0 Å². The Hall–Kier alpha value is -3.44. The lowest BCUT2D eigenvalue weighted by Crippen LogP contribution is -2.52. The summed E-state index contributed by atoms with van der Waals surface area (Å²) in [5, 5.41) is 3.05. The van der Waals surface area contributed by atoms with Gasteiger partial charge in [0.15, 0.2) is 0 Å². The number of benzene rings is 3. The predicted molar refractivity (Wildman–Crippen MR) is 163 cm³/mol. The molecular weight excluding hydrogens is 625 g/mol. The van der Waals surface area contributed by atoms with Crippen molar-refractivity contribution in [3.8, 4) is 5.75 Å². The minimum absolute atomic E-state index is 0.0559. The summed E-state index contributed by atoms with van der Waals surface area (Å²) >= 11 is 3.41.